The van der Waals surface area contributed by atoms with Crippen LogP contribution < -0.4 is 10.6 Å². The first-order valence-electron chi connectivity index (χ1n) is 10.8. The van der Waals surface area contributed by atoms with Gasteiger partial charge in [0.15, 0.2) is 4.90 Å². The van der Waals surface area contributed by atoms with Gasteiger partial charge in [-0.3, -0.25) is 4.98 Å². The Hall–Kier alpha value is -2.52. The number of anilines is 2. The highest BCUT2D eigenvalue weighted by Crippen LogP contribution is 2.48. The second-order valence-electron chi connectivity index (χ2n) is 9.10. The van der Waals surface area contributed by atoms with Gasteiger partial charge in [0.05, 0.1) is 30.0 Å². The molecule has 4 heterocycles. The zero-order valence-corrected chi connectivity index (χ0v) is 19.4. The average Bonchev–Trinajstić information content (AvgIpc) is 3.13. The second-order valence-corrected chi connectivity index (χ2v) is 10.8. The van der Waals surface area contributed by atoms with E-state index >= 15 is 0 Å². The fourth-order valence-corrected chi connectivity index (χ4v) is 5.12. The molecule has 2 aromatic heterocycles. The standard InChI is InChI=1S/C24H27N5O2S/c1-4-32(30)18-5-6-19-21(10-18)29(13-24(19)14-31-15-24)22-27-11-16(12-28-22)20-9-17(7-8-26-20)23(2,3)25/h5-12H,4,13-15,25H2,1-3H3. The van der Waals surface area contributed by atoms with E-state index in [0.717, 1.165) is 33.9 Å². The Bertz CT molecular complexity index is 1140. The highest BCUT2D eigenvalue weighted by Gasteiger charge is 2.49. The monoisotopic (exact) mass is 449 g/mol. The van der Waals surface area contributed by atoms with E-state index in [-0.39, 0.29) is 5.41 Å². The van der Waals surface area contributed by atoms with Gasteiger partial charge >= 0.3 is 0 Å². The number of ether oxygens (including phenoxy) is 1. The van der Waals surface area contributed by atoms with E-state index in [9.17, 15) is 4.55 Å². The van der Waals surface area contributed by atoms with Crippen LogP contribution in [0.4, 0.5) is 11.6 Å². The molecule has 0 radical (unpaired) electrons. The van der Waals surface area contributed by atoms with Crippen molar-refractivity contribution < 1.29 is 9.29 Å². The third kappa shape index (κ3) is 3.57. The van der Waals surface area contributed by atoms with Gasteiger partial charge in [-0.2, -0.15) is 0 Å². The molecule has 8 heteroatoms. The van der Waals surface area contributed by atoms with Crippen molar-refractivity contribution in [2.45, 2.75) is 36.6 Å². The lowest BCUT2D eigenvalue weighted by atomic mass is 9.81. The highest BCUT2D eigenvalue weighted by atomic mass is 32.2. The Labute approximate surface area is 191 Å². The van der Waals surface area contributed by atoms with Gasteiger partial charge in [-0.1, -0.05) is 6.07 Å². The predicted octanol–water partition coefficient (Wildman–Crippen LogP) is 3.28. The number of fused-ring (bicyclic) bond motifs is 2. The summed E-state index contributed by atoms with van der Waals surface area (Å²) in [6, 6.07) is 10.0. The lowest BCUT2D eigenvalue weighted by Gasteiger charge is -2.38. The molecular weight excluding hydrogens is 422 g/mol. The summed E-state index contributed by atoms with van der Waals surface area (Å²) in [5, 5.41) is 0. The molecule has 1 atom stereocenters. The topological polar surface area (TPSA) is 100 Å². The maximum atomic E-state index is 12.4. The molecule has 2 N–H and O–H groups in total. The molecule has 32 heavy (non-hydrogen) atoms. The molecular formula is C24H27N5O2S. The van der Waals surface area contributed by atoms with Gasteiger partial charge in [-0.15, -0.1) is 0 Å². The zero-order chi connectivity index (χ0) is 22.5. The number of benzene rings is 1. The molecule has 7 nitrogen and oxygen atoms in total. The molecule has 0 aliphatic carbocycles. The number of hydrogen-bond donors (Lipinski definition) is 1. The van der Waals surface area contributed by atoms with Crippen LogP contribution in [0.3, 0.4) is 0 Å². The Morgan fingerprint density at radius 2 is 1.91 bits per heavy atom. The molecule has 1 saturated heterocycles. The van der Waals surface area contributed by atoms with Crippen molar-refractivity contribution in [1.82, 2.24) is 15.0 Å². The van der Waals surface area contributed by atoms with Gasteiger partial charge in [0.1, 0.15) is 5.75 Å². The second kappa shape index (κ2) is 7.81. The van der Waals surface area contributed by atoms with Crippen molar-refractivity contribution in [3.63, 3.8) is 0 Å². The van der Waals surface area contributed by atoms with E-state index < -0.39 is 16.7 Å². The minimum Gasteiger partial charge on any atom is -0.611 e. The summed E-state index contributed by atoms with van der Waals surface area (Å²) in [4.78, 5) is 16.8. The number of pyridine rings is 1. The maximum absolute atomic E-state index is 12.4. The summed E-state index contributed by atoms with van der Waals surface area (Å²) in [6.45, 7) is 7.97. The molecule has 2 aliphatic heterocycles. The molecule has 1 fully saturated rings. The van der Waals surface area contributed by atoms with Crippen molar-refractivity contribution in [2.24, 2.45) is 5.73 Å². The first kappa shape index (κ1) is 21.3. The van der Waals surface area contributed by atoms with Crippen molar-refractivity contribution in [2.75, 3.05) is 30.4 Å². The number of aromatic nitrogens is 3. The number of nitrogens with zero attached hydrogens (tertiary/aromatic N) is 4. The molecule has 3 aromatic rings. The van der Waals surface area contributed by atoms with Crippen molar-refractivity contribution in [3.05, 3.63) is 60.0 Å². The van der Waals surface area contributed by atoms with E-state index in [1.807, 2.05) is 45.0 Å². The van der Waals surface area contributed by atoms with Crippen LogP contribution in [0.5, 0.6) is 0 Å². The minimum atomic E-state index is -1.02. The average molecular weight is 450 g/mol. The Balaban J connectivity index is 1.49. The van der Waals surface area contributed by atoms with E-state index in [1.54, 1.807) is 18.6 Å². The van der Waals surface area contributed by atoms with Gasteiger partial charge in [0.2, 0.25) is 5.95 Å². The van der Waals surface area contributed by atoms with Crippen molar-refractivity contribution in [3.8, 4) is 11.3 Å². The fourth-order valence-electron chi connectivity index (χ4n) is 4.32. The quantitative estimate of drug-likeness (QED) is 0.597. The van der Waals surface area contributed by atoms with Gasteiger partial charge in [0, 0.05) is 42.3 Å². The Morgan fingerprint density at radius 1 is 1.16 bits per heavy atom. The van der Waals surface area contributed by atoms with Crippen LogP contribution >= 0.6 is 0 Å². The van der Waals surface area contributed by atoms with Crippen LogP contribution in [0.15, 0.2) is 53.8 Å². The lowest BCUT2D eigenvalue weighted by Crippen LogP contribution is -2.49. The summed E-state index contributed by atoms with van der Waals surface area (Å²) in [5.41, 5.74) is 10.6. The third-order valence-electron chi connectivity index (χ3n) is 6.25. The van der Waals surface area contributed by atoms with Gasteiger partial charge < -0.3 is 19.9 Å². The molecule has 2 aliphatic rings. The molecule has 1 unspecified atom stereocenters. The molecule has 0 bridgehead atoms. The largest absolute Gasteiger partial charge is 0.611 e. The molecule has 0 saturated carbocycles. The first-order valence-corrected chi connectivity index (χ1v) is 12.1. The van der Waals surface area contributed by atoms with Crippen LogP contribution in [0, 0.1) is 0 Å². The zero-order valence-electron chi connectivity index (χ0n) is 18.5. The smallest absolute Gasteiger partial charge is 0.229 e. The fraction of sp³-hybridized carbons (Fsp3) is 0.375. The third-order valence-corrected chi connectivity index (χ3v) is 7.56. The molecule has 1 aromatic carbocycles. The molecule has 0 amide bonds. The van der Waals surface area contributed by atoms with E-state index in [2.05, 4.69) is 25.9 Å². The summed E-state index contributed by atoms with van der Waals surface area (Å²) in [7, 11) is 0. The van der Waals surface area contributed by atoms with Crippen molar-refractivity contribution in [1.29, 1.82) is 0 Å². The van der Waals surface area contributed by atoms with Crippen LogP contribution in [-0.2, 0) is 26.9 Å². The molecule has 5 rings (SSSR count). The van der Waals surface area contributed by atoms with Crippen LogP contribution in [0.25, 0.3) is 11.3 Å². The number of nitrogens with two attached hydrogens (primary N) is 1. The normalized spacial score (nSPS) is 17.8. The highest BCUT2D eigenvalue weighted by molar-refractivity contribution is 7.91. The molecule has 166 valence electrons. The van der Waals surface area contributed by atoms with Crippen molar-refractivity contribution >= 4 is 22.8 Å². The lowest BCUT2D eigenvalue weighted by molar-refractivity contribution is -0.0507. The first-order chi connectivity index (χ1) is 15.3. The summed E-state index contributed by atoms with van der Waals surface area (Å²) < 4.78 is 18.0. The number of rotatable bonds is 5. The van der Waals surface area contributed by atoms with E-state index in [0.29, 0.717) is 24.9 Å². The van der Waals surface area contributed by atoms with E-state index in [1.165, 1.54) is 5.56 Å². The van der Waals surface area contributed by atoms with Crippen LogP contribution in [0.1, 0.15) is 31.9 Å². The summed E-state index contributed by atoms with van der Waals surface area (Å²) >= 11 is -1.02. The van der Waals surface area contributed by atoms with Crippen LogP contribution in [-0.4, -0.2) is 45.0 Å². The minimum absolute atomic E-state index is 0.0494. The van der Waals surface area contributed by atoms with Crippen LogP contribution in [0.2, 0.25) is 0 Å². The Morgan fingerprint density at radius 3 is 2.53 bits per heavy atom. The number of hydrogen-bond acceptors (Lipinski definition) is 7. The molecule has 1 spiro atoms. The predicted molar refractivity (Wildman–Crippen MR) is 125 cm³/mol. The SMILES string of the molecule is CC[S+]([O-])c1ccc2c(c1)N(c1ncc(-c3cc(C(C)(C)N)ccn3)cn1)CC21COC1. The van der Waals surface area contributed by atoms with E-state index in [4.69, 9.17) is 10.5 Å². The summed E-state index contributed by atoms with van der Waals surface area (Å²) in [6.07, 6.45) is 5.36. The Kier molecular flexibility index (Phi) is 5.21. The maximum Gasteiger partial charge on any atom is 0.229 e. The van der Waals surface area contributed by atoms with Gasteiger partial charge in [0.25, 0.3) is 0 Å². The van der Waals surface area contributed by atoms with Gasteiger partial charge in [-0.25, -0.2) is 9.97 Å². The van der Waals surface area contributed by atoms with Gasteiger partial charge in [-0.05, 0) is 61.3 Å². The summed E-state index contributed by atoms with van der Waals surface area (Å²) in [5.74, 6) is 1.21.